The third-order valence-electron chi connectivity index (χ3n) is 3.37. The molecule has 116 valence electrons. The van der Waals surface area contributed by atoms with Crippen LogP contribution in [0.2, 0.25) is 0 Å². The van der Waals surface area contributed by atoms with Gasteiger partial charge in [0.15, 0.2) is 6.61 Å². The van der Waals surface area contributed by atoms with Gasteiger partial charge in [0, 0.05) is 0 Å². The second-order valence-electron chi connectivity index (χ2n) is 5.61. The summed E-state index contributed by atoms with van der Waals surface area (Å²) < 4.78 is 10.2. The first-order chi connectivity index (χ1) is 9.69. The fourth-order valence-electron chi connectivity index (χ4n) is 1.98. The topological polar surface area (TPSA) is 64.6 Å². The second-order valence-corrected chi connectivity index (χ2v) is 5.61. The summed E-state index contributed by atoms with van der Waals surface area (Å²) in [7, 11) is 1.28. The summed E-state index contributed by atoms with van der Waals surface area (Å²) in [4.78, 5) is 23.4. The van der Waals surface area contributed by atoms with Gasteiger partial charge in [-0.15, -0.1) is 0 Å². The summed E-state index contributed by atoms with van der Waals surface area (Å²) in [6.07, 6.45) is 0. The lowest BCUT2D eigenvalue weighted by Gasteiger charge is -2.23. The van der Waals surface area contributed by atoms with E-state index in [4.69, 9.17) is 4.74 Å². The maximum atomic E-state index is 11.9. The van der Waals surface area contributed by atoms with Crippen molar-refractivity contribution in [3.05, 3.63) is 28.8 Å². The van der Waals surface area contributed by atoms with E-state index in [0.717, 1.165) is 16.7 Å². The Kier molecular flexibility index (Phi) is 5.35. The predicted molar refractivity (Wildman–Crippen MR) is 80.4 cm³/mol. The predicted octanol–water partition coefficient (Wildman–Crippen LogP) is 2.06. The molecule has 1 rings (SSSR count). The molecule has 1 aromatic carbocycles. The van der Waals surface area contributed by atoms with Gasteiger partial charge in [-0.1, -0.05) is 12.1 Å². The lowest BCUT2D eigenvalue weighted by Crippen LogP contribution is -2.51. The molecule has 0 saturated carbocycles. The molecule has 5 heteroatoms. The molecule has 1 aromatic rings. The largest absolute Gasteiger partial charge is 0.483 e. The molecule has 0 aromatic heterocycles. The van der Waals surface area contributed by atoms with E-state index < -0.39 is 11.5 Å². The number of rotatable bonds is 5. The number of ether oxygens (including phenoxy) is 2. The monoisotopic (exact) mass is 293 g/mol. The molecular formula is C16H23NO4. The molecule has 0 heterocycles. The summed E-state index contributed by atoms with van der Waals surface area (Å²) in [6, 6.07) is 3.96. The molecule has 1 N–H and O–H groups in total. The Balaban J connectivity index is 2.71. The van der Waals surface area contributed by atoms with Crippen molar-refractivity contribution < 1.29 is 19.1 Å². The van der Waals surface area contributed by atoms with Gasteiger partial charge in [-0.25, -0.2) is 4.79 Å². The van der Waals surface area contributed by atoms with Crippen LogP contribution in [0.4, 0.5) is 0 Å². The maximum Gasteiger partial charge on any atom is 0.330 e. The Labute approximate surface area is 125 Å². The first kappa shape index (κ1) is 17.0. The van der Waals surface area contributed by atoms with Crippen LogP contribution in [0, 0.1) is 20.8 Å². The van der Waals surface area contributed by atoms with Crippen molar-refractivity contribution in [3.63, 3.8) is 0 Å². The Bertz CT molecular complexity index is 549. The van der Waals surface area contributed by atoms with Crippen molar-refractivity contribution in [2.75, 3.05) is 13.7 Å². The smallest absolute Gasteiger partial charge is 0.330 e. The van der Waals surface area contributed by atoms with E-state index in [-0.39, 0.29) is 12.5 Å². The standard InChI is InChI=1S/C16H23NO4/c1-10-7-8-11(2)14(12(10)3)21-9-13(18)17-16(4,5)15(19)20-6/h7-8H,9H2,1-6H3,(H,17,18). The lowest BCUT2D eigenvalue weighted by molar-refractivity contribution is -0.149. The molecule has 21 heavy (non-hydrogen) atoms. The fourth-order valence-corrected chi connectivity index (χ4v) is 1.98. The number of esters is 1. The summed E-state index contributed by atoms with van der Waals surface area (Å²) in [5, 5.41) is 2.59. The lowest BCUT2D eigenvalue weighted by atomic mass is 10.1. The van der Waals surface area contributed by atoms with Crippen LogP contribution < -0.4 is 10.1 Å². The van der Waals surface area contributed by atoms with Crippen molar-refractivity contribution in [2.45, 2.75) is 40.2 Å². The van der Waals surface area contributed by atoms with Crippen LogP contribution in [0.3, 0.4) is 0 Å². The van der Waals surface area contributed by atoms with Gasteiger partial charge < -0.3 is 14.8 Å². The number of hydrogen-bond donors (Lipinski definition) is 1. The van der Waals surface area contributed by atoms with E-state index in [0.29, 0.717) is 5.75 Å². The highest BCUT2D eigenvalue weighted by Gasteiger charge is 2.30. The highest BCUT2D eigenvalue weighted by Crippen LogP contribution is 2.25. The average Bonchev–Trinajstić information content (AvgIpc) is 2.41. The van der Waals surface area contributed by atoms with Crippen LogP contribution in [-0.4, -0.2) is 31.1 Å². The number of nitrogens with one attached hydrogen (secondary N) is 1. The average molecular weight is 293 g/mol. The van der Waals surface area contributed by atoms with Crippen LogP contribution in [0.5, 0.6) is 5.75 Å². The van der Waals surface area contributed by atoms with Crippen LogP contribution in [0.1, 0.15) is 30.5 Å². The normalized spacial score (nSPS) is 11.0. The summed E-state index contributed by atoms with van der Waals surface area (Å²) >= 11 is 0. The first-order valence-electron chi connectivity index (χ1n) is 6.78. The maximum absolute atomic E-state index is 11.9. The minimum atomic E-state index is -1.08. The molecule has 0 unspecified atom stereocenters. The number of methoxy groups -OCH3 is 1. The van der Waals surface area contributed by atoms with Gasteiger partial charge in [-0.05, 0) is 51.3 Å². The number of hydrogen-bond acceptors (Lipinski definition) is 4. The van der Waals surface area contributed by atoms with Gasteiger partial charge in [0.25, 0.3) is 5.91 Å². The summed E-state index contributed by atoms with van der Waals surface area (Å²) in [5.74, 6) is -0.162. The van der Waals surface area contributed by atoms with Crippen molar-refractivity contribution in [1.82, 2.24) is 5.32 Å². The Hall–Kier alpha value is -2.04. The van der Waals surface area contributed by atoms with E-state index in [9.17, 15) is 9.59 Å². The molecule has 0 aliphatic carbocycles. The van der Waals surface area contributed by atoms with Crippen LogP contribution >= 0.6 is 0 Å². The molecule has 0 spiro atoms. The minimum absolute atomic E-state index is 0.147. The number of carbonyl (C=O) groups is 2. The Morgan fingerprint density at radius 1 is 1.14 bits per heavy atom. The number of aryl methyl sites for hydroxylation is 2. The van der Waals surface area contributed by atoms with Crippen molar-refractivity contribution in [2.24, 2.45) is 0 Å². The van der Waals surface area contributed by atoms with Gasteiger partial charge in [-0.3, -0.25) is 4.79 Å². The van der Waals surface area contributed by atoms with Gasteiger partial charge >= 0.3 is 5.97 Å². The van der Waals surface area contributed by atoms with Crippen molar-refractivity contribution >= 4 is 11.9 Å². The van der Waals surface area contributed by atoms with Crippen LogP contribution in [0.25, 0.3) is 0 Å². The number of carbonyl (C=O) groups excluding carboxylic acids is 2. The molecule has 0 saturated heterocycles. The molecule has 0 bridgehead atoms. The fraction of sp³-hybridized carbons (Fsp3) is 0.500. The molecule has 1 amide bonds. The molecule has 5 nitrogen and oxygen atoms in total. The molecule has 0 aliphatic heterocycles. The van der Waals surface area contributed by atoms with Gasteiger partial charge in [0.05, 0.1) is 7.11 Å². The van der Waals surface area contributed by atoms with E-state index in [1.54, 1.807) is 13.8 Å². The number of benzene rings is 1. The summed E-state index contributed by atoms with van der Waals surface area (Å²) in [6.45, 7) is 8.89. The van der Waals surface area contributed by atoms with Crippen molar-refractivity contribution in [1.29, 1.82) is 0 Å². The zero-order valence-corrected chi connectivity index (χ0v) is 13.5. The highest BCUT2D eigenvalue weighted by molar-refractivity contribution is 5.87. The SMILES string of the molecule is COC(=O)C(C)(C)NC(=O)COc1c(C)ccc(C)c1C. The zero-order valence-electron chi connectivity index (χ0n) is 13.5. The van der Waals surface area contributed by atoms with Gasteiger partial charge in [-0.2, -0.15) is 0 Å². The van der Waals surface area contributed by atoms with Crippen molar-refractivity contribution in [3.8, 4) is 5.75 Å². The molecule has 0 aliphatic rings. The summed E-state index contributed by atoms with van der Waals surface area (Å²) in [5.41, 5.74) is 2.00. The quantitative estimate of drug-likeness (QED) is 0.844. The number of amides is 1. The minimum Gasteiger partial charge on any atom is -0.483 e. The second kappa shape index (κ2) is 6.61. The van der Waals surface area contributed by atoms with Gasteiger partial charge in [0.2, 0.25) is 0 Å². The van der Waals surface area contributed by atoms with E-state index in [2.05, 4.69) is 10.1 Å². The zero-order chi connectivity index (χ0) is 16.2. The first-order valence-corrected chi connectivity index (χ1v) is 6.78. The molecular weight excluding hydrogens is 270 g/mol. The molecule has 0 fully saturated rings. The highest BCUT2D eigenvalue weighted by atomic mass is 16.5. The van der Waals surface area contributed by atoms with Crippen LogP contribution in [-0.2, 0) is 14.3 Å². The third kappa shape index (κ3) is 4.21. The molecule has 0 atom stereocenters. The van der Waals surface area contributed by atoms with Gasteiger partial charge in [0.1, 0.15) is 11.3 Å². The van der Waals surface area contributed by atoms with Crippen LogP contribution in [0.15, 0.2) is 12.1 Å². The van der Waals surface area contributed by atoms with E-state index in [1.807, 2.05) is 32.9 Å². The van der Waals surface area contributed by atoms with E-state index >= 15 is 0 Å². The third-order valence-corrected chi connectivity index (χ3v) is 3.37. The Morgan fingerprint density at radius 2 is 1.71 bits per heavy atom. The Morgan fingerprint density at radius 3 is 2.29 bits per heavy atom. The molecule has 0 radical (unpaired) electrons. The van der Waals surface area contributed by atoms with E-state index in [1.165, 1.54) is 7.11 Å².